The molecule has 0 N–H and O–H groups in total. The summed E-state index contributed by atoms with van der Waals surface area (Å²) in [6, 6.07) is 14.7. The minimum Gasteiger partial charge on any atom is -0.340 e. The van der Waals surface area contributed by atoms with Crippen molar-refractivity contribution in [2.45, 2.75) is 19.0 Å². The topological polar surface area (TPSA) is 36.4 Å². The van der Waals surface area contributed by atoms with E-state index in [9.17, 15) is 4.79 Å². The van der Waals surface area contributed by atoms with Crippen LogP contribution in [0.25, 0.3) is 10.2 Å². The fourth-order valence-corrected chi connectivity index (χ4v) is 4.25. The lowest BCUT2D eigenvalue weighted by atomic mass is 9.94. The lowest BCUT2D eigenvalue weighted by Crippen LogP contribution is -2.46. The van der Waals surface area contributed by atoms with Crippen molar-refractivity contribution in [2.75, 3.05) is 20.6 Å². The molecule has 0 radical (unpaired) electrons. The molecule has 0 saturated carbocycles. The predicted molar refractivity (Wildman–Crippen MR) is 102 cm³/mol. The summed E-state index contributed by atoms with van der Waals surface area (Å²) in [5, 5.41) is 0. The van der Waals surface area contributed by atoms with Crippen molar-refractivity contribution in [3.63, 3.8) is 0 Å². The maximum atomic E-state index is 12.8. The summed E-state index contributed by atoms with van der Waals surface area (Å²) in [5.74, 6) is 0.0718. The number of fused-ring (bicyclic) bond motifs is 2. The summed E-state index contributed by atoms with van der Waals surface area (Å²) >= 11 is 1.57. The van der Waals surface area contributed by atoms with Crippen LogP contribution in [0.15, 0.2) is 48.0 Å². The first-order valence-corrected chi connectivity index (χ1v) is 9.35. The third kappa shape index (κ3) is 3.17. The molecule has 2 aromatic carbocycles. The summed E-state index contributed by atoms with van der Waals surface area (Å²) < 4.78 is 1.06. The monoisotopic (exact) mass is 351 g/mol. The maximum absolute atomic E-state index is 12.8. The van der Waals surface area contributed by atoms with Crippen LogP contribution in [-0.4, -0.2) is 47.4 Å². The molecule has 2 heterocycles. The number of nitrogens with zero attached hydrogens (tertiary/aromatic N) is 3. The Labute approximate surface area is 151 Å². The van der Waals surface area contributed by atoms with E-state index in [1.54, 1.807) is 11.3 Å². The van der Waals surface area contributed by atoms with Gasteiger partial charge in [-0.2, -0.15) is 0 Å². The van der Waals surface area contributed by atoms with E-state index >= 15 is 0 Å². The summed E-state index contributed by atoms with van der Waals surface area (Å²) in [6.07, 6.45) is 0.984. The number of likely N-dealkylation sites (N-methyl/N-ethyl adjacent to an activating group) is 2. The fraction of sp³-hybridized carbons (Fsp3) is 0.300. The SMILES string of the molecule is CN(C[C@H]1Cc2ccccc2CN1C)C(=O)c1ccc2ncsc2c1. The average Bonchev–Trinajstić information content (AvgIpc) is 3.09. The Bertz CT molecular complexity index is 920. The van der Waals surface area contributed by atoms with Gasteiger partial charge in [-0.25, -0.2) is 4.98 Å². The summed E-state index contributed by atoms with van der Waals surface area (Å²) in [5.41, 5.74) is 6.30. The molecule has 0 saturated heterocycles. The highest BCUT2D eigenvalue weighted by Crippen LogP contribution is 2.23. The van der Waals surface area contributed by atoms with Gasteiger partial charge in [-0.3, -0.25) is 9.69 Å². The standard InChI is InChI=1S/C20H21N3OS/c1-22-11-16-6-4-3-5-14(16)9-17(22)12-23(2)20(24)15-7-8-18-19(10-15)25-13-21-18/h3-8,10,13,17H,9,11-12H2,1-2H3/t17-/m1/s1. The molecule has 1 aromatic heterocycles. The molecule has 1 atom stereocenters. The Balaban J connectivity index is 1.49. The van der Waals surface area contributed by atoms with E-state index in [1.807, 2.05) is 35.7 Å². The molecule has 1 aliphatic heterocycles. The van der Waals surface area contributed by atoms with Gasteiger partial charge < -0.3 is 4.90 Å². The molecule has 1 aliphatic rings. The molecular formula is C20H21N3OS. The molecule has 0 aliphatic carbocycles. The Morgan fingerprint density at radius 3 is 2.92 bits per heavy atom. The number of hydrogen-bond acceptors (Lipinski definition) is 4. The van der Waals surface area contributed by atoms with E-state index in [0.717, 1.165) is 35.3 Å². The molecule has 128 valence electrons. The summed E-state index contributed by atoms with van der Waals surface area (Å²) in [4.78, 5) is 21.3. The highest BCUT2D eigenvalue weighted by molar-refractivity contribution is 7.16. The van der Waals surface area contributed by atoms with E-state index in [0.29, 0.717) is 6.04 Å². The normalized spacial score (nSPS) is 17.4. The van der Waals surface area contributed by atoms with E-state index in [4.69, 9.17) is 0 Å². The van der Waals surface area contributed by atoms with Crippen molar-refractivity contribution in [1.82, 2.24) is 14.8 Å². The van der Waals surface area contributed by atoms with Crippen molar-refractivity contribution in [3.8, 4) is 0 Å². The van der Waals surface area contributed by atoms with Gasteiger partial charge in [-0.1, -0.05) is 24.3 Å². The van der Waals surface area contributed by atoms with Gasteiger partial charge in [0.15, 0.2) is 0 Å². The Morgan fingerprint density at radius 2 is 2.08 bits per heavy atom. The quantitative estimate of drug-likeness (QED) is 0.725. The van der Waals surface area contributed by atoms with Gasteiger partial charge in [0.1, 0.15) is 0 Å². The van der Waals surface area contributed by atoms with Crippen LogP contribution >= 0.6 is 11.3 Å². The number of rotatable bonds is 3. The molecule has 4 nitrogen and oxygen atoms in total. The third-order valence-electron chi connectivity index (χ3n) is 5.03. The molecule has 0 bridgehead atoms. The van der Waals surface area contributed by atoms with Crippen LogP contribution in [0.4, 0.5) is 0 Å². The summed E-state index contributed by atoms with van der Waals surface area (Å²) in [7, 11) is 4.04. The van der Waals surface area contributed by atoms with E-state index in [1.165, 1.54) is 11.1 Å². The van der Waals surface area contributed by atoms with Crippen LogP contribution in [-0.2, 0) is 13.0 Å². The molecule has 0 spiro atoms. The maximum Gasteiger partial charge on any atom is 0.253 e. The molecule has 0 fully saturated rings. The van der Waals surface area contributed by atoms with Gasteiger partial charge in [-0.05, 0) is 42.8 Å². The molecule has 0 unspecified atom stereocenters. The number of thiazole rings is 1. The minimum atomic E-state index is 0.0718. The van der Waals surface area contributed by atoms with Crippen LogP contribution in [0.5, 0.6) is 0 Å². The third-order valence-corrected chi connectivity index (χ3v) is 5.82. The number of aromatic nitrogens is 1. The number of carbonyl (C=O) groups is 1. The summed E-state index contributed by atoms with van der Waals surface area (Å²) in [6.45, 7) is 1.67. The highest BCUT2D eigenvalue weighted by atomic mass is 32.1. The van der Waals surface area contributed by atoms with Crippen molar-refractivity contribution in [2.24, 2.45) is 0 Å². The molecule has 3 aromatic rings. The second kappa shape index (κ2) is 6.58. The first kappa shape index (κ1) is 16.2. The lowest BCUT2D eigenvalue weighted by Gasteiger charge is -2.36. The zero-order chi connectivity index (χ0) is 17.4. The Kier molecular flexibility index (Phi) is 4.27. The Morgan fingerprint density at radius 1 is 1.28 bits per heavy atom. The van der Waals surface area contributed by atoms with Crippen molar-refractivity contribution in [1.29, 1.82) is 0 Å². The largest absolute Gasteiger partial charge is 0.340 e. The number of amides is 1. The van der Waals surface area contributed by atoms with E-state index in [2.05, 4.69) is 41.2 Å². The van der Waals surface area contributed by atoms with Gasteiger partial charge in [0.25, 0.3) is 5.91 Å². The average molecular weight is 351 g/mol. The minimum absolute atomic E-state index is 0.0718. The smallest absolute Gasteiger partial charge is 0.253 e. The first-order chi connectivity index (χ1) is 12.1. The van der Waals surface area contributed by atoms with Crippen LogP contribution in [0.2, 0.25) is 0 Å². The van der Waals surface area contributed by atoms with Crippen molar-refractivity contribution < 1.29 is 4.79 Å². The number of carbonyl (C=O) groups excluding carboxylic acids is 1. The number of hydrogen-bond donors (Lipinski definition) is 0. The van der Waals surface area contributed by atoms with Crippen molar-refractivity contribution in [3.05, 3.63) is 64.7 Å². The van der Waals surface area contributed by atoms with Gasteiger partial charge in [0.2, 0.25) is 0 Å². The van der Waals surface area contributed by atoms with Crippen molar-refractivity contribution >= 4 is 27.5 Å². The van der Waals surface area contributed by atoms with E-state index in [-0.39, 0.29) is 5.91 Å². The van der Waals surface area contributed by atoms with Crippen LogP contribution in [0, 0.1) is 0 Å². The van der Waals surface area contributed by atoms with Gasteiger partial charge in [0.05, 0.1) is 15.7 Å². The fourth-order valence-electron chi connectivity index (χ4n) is 3.53. The lowest BCUT2D eigenvalue weighted by molar-refractivity contribution is 0.0733. The second-order valence-corrected chi connectivity index (χ2v) is 7.65. The van der Waals surface area contributed by atoms with Gasteiger partial charge in [-0.15, -0.1) is 11.3 Å². The first-order valence-electron chi connectivity index (χ1n) is 8.47. The molecule has 4 rings (SSSR count). The van der Waals surface area contributed by atoms with E-state index < -0.39 is 0 Å². The molecular weight excluding hydrogens is 330 g/mol. The predicted octanol–water partition coefficient (Wildman–Crippen LogP) is 3.43. The highest BCUT2D eigenvalue weighted by Gasteiger charge is 2.25. The molecule has 25 heavy (non-hydrogen) atoms. The second-order valence-electron chi connectivity index (χ2n) is 6.76. The number of benzene rings is 2. The van der Waals surface area contributed by atoms with Gasteiger partial charge >= 0.3 is 0 Å². The molecule has 5 heteroatoms. The van der Waals surface area contributed by atoms with Crippen LogP contribution in [0.3, 0.4) is 0 Å². The molecule has 1 amide bonds. The Hall–Kier alpha value is -2.24. The zero-order valence-electron chi connectivity index (χ0n) is 14.5. The van der Waals surface area contributed by atoms with Gasteiger partial charge in [0, 0.05) is 31.7 Å². The van der Waals surface area contributed by atoms with Crippen LogP contribution < -0.4 is 0 Å². The van der Waals surface area contributed by atoms with Crippen LogP contribution in [0.1, 0.15) is 21.5 Å². The zero-order valence-corrected chi connectivity index (χ0v) is 15.3.